The first-order valence-electron chi connectivity index (χ1n) is 7.38. The molecule has 6 heteroatoms. The van der Waals surface area contributed by atoms with Gasteiger partial charge >= 0.3 is 0 Å². The zero-order valence-electron chi connectivity index (χ0n) is 12.8. The van der Waals surface area contributed by atoms with E-state index >= 15 is 0 Å². The van der Waals surface area contributed by atoms with Gasteiger partial charge < -0.3 is 14.6 Å². The summed E-state index contributed by atoms with van der Waals surface area (Å²) in [4.78, 5) is 14.4. The number of nitrogens with one attached hydrogen (secondary N) is 2. The first-order valence-corrected chi connectivity index (χ1v) is 7.38. The number of hydrogen-bond donors (Lipinski definition) is 2. The van der Waals surface area contributed by atoms with Crippen LogP contribution >= 0.6 is 0 Å². The van der Waals surface area contributed by atoms with Crippen molar-refractivity contribution in [2.24, 2.45) is 0 Å². The fourth-order valence-corrected chi connectivity index (χ4v) is 2.97. The van der Waals surface area contributed by atoms with Crippen molar-refractivity contribution in [1.82, 2.24) is 15.5 Å². The number of amides is 1. The maximum atomic E-state index is 12.4. The first-order chi connectivity index (χ1) is 11.1. The fraction of sp³-hybridized carbons (Fsp3) is 0.176. The summed E-state index contributed by atoms with van der Waals surface area (Å²) in [6.45, 7) is 1.89. The average Bonchev–Trinajstić information content (AvgIpc) is 3.19. The number of rotatable bonds is 2. The Labute approximate surface area is 133 Å². The van der Waals surface area contributed by atoms with Gasteiger partial charge in [-0.1, -0.05) is 12.1 Å². The first kappa shape index (κ1) is 13.6. The number of nitrogens with zero attached hydrogens (tertiary/aromatic N) is 2. The van der Waals surface area contributed by atoms with E-state index in [1.54, 1.807) is 6.20 Å². The third-order valence-corrected chi connectivity index (χ3v) is 4.13. The monoisotopic (exact) mass is 308 g/mol. The Morgan fingerprint density at radius 1 is 1.22 bits per heavy atom. The van der Waals surface area contributed by atoms with Crippen LogP contribution in [0.4, 0.5) is 5.69 Å². The molecule has 1 amide bonds. The van der Waals surface area contributed by atoms with E-state index < -0.39 is 0 Å². The van der Waals surface area contributed by atoms with E-state index in [1.807, 2.05) is 55.3 Å². The summed E-state index contributed by atoms with van der Waals surface area (Å²) in [5.41, 5.74) is 3.20. The summed E-state index contributed by atoms with van der Waals surface area (Å²) in [5.74, 6) is 1.44. The van der Waals surface area contributed by atoms with Gasteiger partial charge in [0.05, 0.1) is 17.4 Å². The average molecular weight is 308 g/mol. The highest BCUT2D eigenvalue weighted by Crippen LogP contribution is 2.35. The van der Waals surface area contributed by atoms with Crippen LogP contribution in [0.5, 0.6) is 0 Å². The molecule has 0 saturated carbocycles. The number of aryl methyl sites for hydroxylation is 1. The number of H-pyrrole nitrogens is 1. The predicted molar refractivity (Wildman–Crippen MR) is 86.1 cm³/mol. The number of para-hydroxylation sites is 1. The van der Waals surface area contributed by atoms with Gasteiger partial charge in [0.25, 0.3) is 5.91 Å². The summed E-state index contributed by atoms with van der Waals surface area (Å²) in [5, 5.41) is 10.1. The van der Waals surface area contributed by atoms with E-state index in [2.05, 4.69) is 15.5 Å². The quantitative estimate of drug-likeness (QED) is 0.763. The van der Waals surface area contributed by atoms with Gasteiger partial charge in [0, 0.05) is 12.6 Å². The van der Waals surface area contributed by atoms with Crippen LogP contribution in [0.3, 0.4) is 0 Å². The number of aromatic nitrogens is 2. The topological polar surface area (TPSA) is 74.2 Å². The maximum Gasteiger partial charge on any atom is 0.255 e. The van der Waals surface area contributed by atoms with E-state index in [1.165, 1.54) is 0 Å². The van der Waals surface area contributed by atoms with Crippen LogP contribution in [-0.2, 0) is 0 Å². The summed E-state index contributed by atoms with van der Waals surface area (Å²) in [6, 6.07) is 11.4. The zero-order valence-corrected chi connectivity index (χ0v) is 12.8. The molecule has 3 aromatic rings. The Balaban J connectivity index is 1.78. The smallest absolute Gasteiger partial charge is 0.255 e. The third kappa shape index (κ3) is 2.11. The number of hydrogen-bond acceptors (Lipinski definition) is 4. The summed E-state index contributed by atoms with van der Waals surface area (Å²) in [6.07, 6.45) is 1.42. The number of furan rings is 1. The number of anilines is 1. The molecule has 116 valence electrons. The molecule has 0 fully saturated rings. The van der Waals surface area contributed by atoms with Crippen LogP contribution in [-0.4, -0.2) is 23.2 Å². The van der Waals surface area contributed by atoms with Crippen LogP contribution in [0.2, 0.25) is 0 Å². The molecule has 2 N–H and O–H groups in total. The Morgan fingerprint density at radius 2 is 2.04 bits per heavy atom. The van der Waals surface area contributed by atoms with Gasteiger partial charge in [-0.25, -0.2) is 0 Å². The summed E-state index contributed by atoms with van der Waals surface area (Å²) in [7, 11) is 1.95. The molecular weight excluding hydrogens is 292 g/mol. The lowest BCUT2D eigenvalue weighted by Crippen LogP contribution is -2.44. The van der Waals surface area contributed by atoms with E-state index in [-0.39, 0.29) is 12.1 Å². The van der Waals surface area contributed by atoms with Crippen molar-refractivity contribution in [3.8, 4) is 11.5 Å². The van der Waals surface area contributed by atoms with Gasteiger partial charge in [0.15, 0.2) is 5.76 Å². The predicted octanol–water partition coefficient (Wildman–Crippen LogP) is 2.86. The van der Waals surface area contributed by atoms with Crippen molar-refractivity contribution in [2.75, 3.05) is 11.9 Å². The molecule has 4 rings (SSSR count). The van der Waals surface area contributed by atoms with Crippen LogP contribution in [0, 0.1) is 6.92 Å². The number of benzene rings is 1. The van der Waals surface area contributed by atoms with Crippen molar-refractivity contribution in [2.45, 2.75) is 13.1 Å². The minimum atomic E-state index is -0.309. The molecule has 0 aliphatic carbocycles. The van der Waals surface area contributed by atoms with Crippen LogP contribution < -0.4 is 10.2 Å². The van der Waals surface area contributed by atoms with Crippen molar-refractivity contribution in [3.63, 3.8) is 0 Å². The molecule has 1 aliphatic rings. The lowest BCUT2D eigenvalue weighted by atomic mass is 10.0. The largest absolute Gasteiger partial charge is 0.460 e. The van der Waals surface area contributed by atoms with E-state index in [0.717, 1.165) is 22.7 Å². The highest BCUT2D eigenvalue weighted by molar-refractivity contribution is 6.02. The molecule has 1 unspecified atom stereocenters. The molecule has 0 bridgehead atoms. The summed E-state index contributed by atoms with van der Waals surface area (Å²) < 4.78 is 5.69. The Morgan fingerprint density at radius 3 is 2.83 bits per heavy atom. The van der Waals surface area contributed by atoms with E-state index in [0.29, 0.717) is 11.3 Å². The van der Waals surface area contributed by atoms with Gasteiger partial charge in [-0.3, -0.25) is 9.89 Å². The Bertz CT molecular complexity index is 880. The number of aromatic amines is 1. The summed E-state index contributed by atoms with van der Waals surface area (Å²) >= 11 is 0. The molecule has 1 aliphatic heterocycles. The third-order valence-electron chi connectivity index (χ3n) is 4.13. The van der Waals surface area contributed by atoms with Crippen molar-refractivity contribution in [1.29, 1.82) is 0 Å². The SMILES string of the molecule is Cc1ccc(-c2[nH]ncc2C2NC(=O)c3ccccc3N2C)o1. The number of carbonyl (C=O) groups excluding carboxylic acids is 1. The van der Waals surface area contributed by atoms with Crippen molar-refractivity contribution in [3.05, 3.63) is 59.5 Å². The molecular formula is C17H16N4O2. The number of fused-ring (bicyclic) bond motifs is 1. The van der Waals surface area contributed by atoms with Gasteiger partial charge in [0.2, 0.25) is 0 Å². The lowest BCUT2D eigenvalue weighted by Gasteiger charge is -2.36. The van der Waals surface area contributed by atoms with Gasteiger partial charge in [-0.05, 0) is 31.2 Å². The van der Waals surface area contributed by atoms with E-state index in [9.17, 15) is 4.79 Å². The maximum absolute atomic E-state index is 12.4. The molecule has 23 heavy (non-hydrogen) atoms. The number of carbonyl (C=O) groups is 1. The van der Waals surface area contributed by atoms with Crippen LogP contribution in [0.15, 0.2) is 47.0 Å². The van der Waals surface area contributed by atoms with Crippen LogP contribution in [0.25, 0.3) is 11.5 Å². The molecule has 3 heterocycles. The van der Waals surface area contributed by atoms with Gasteiger partial charge in [0.1, 0.15) is 17.6 Å². The second-order valence-corrected chi connectivity index (χ2v) is 5.61. The standard InChI is InChI=1S/C17H16N4O2/c1-10-7-8-14(23-10)15-12(9-18-20-15)16-19-17(22)11-5-3-4-6-13(11)21(16)2/h3-9,16H,1-2H3,(H,18,20)(H,19,22). The normalized spacial score (nSPS) is 17.0. The van der Waals surface area contributed by atoms with Crippen molar-refractivity contribution < 1.29 is 9.21 Å². The zero-order chi connectivity index (χ0) is 16.0. The van der Waals surface area contributed by atoms with Crippen LogP contribution in [0.1, 0.15) is 27.8 Å². The van der Waals surface area contributed by atoms with Gasteiger partial charge in [-0.15, -0.1) is 0 Å². The molecule has 6 nitrogen and oxygen atoms in total. The fourth-order valence-electron chi connectivity index (χ4n) is 2.97. The molecule has 0 radical (unpaired) electrons. The molecule has 0 saturated heterocycles. The van der Waals surface area contributed by atoms with Gasteiger partial charge in [-0.2, -0.15) is 5.10 Å². The molecule has 1 aromatic carbocycles. The Kier molecular flexibility index (Phi) is 2.97. The minimum Gasteiger partial charge on any atom is -0.460 e. The highest BCUT2D eigenvalue weighted by Gasteiger charge is 2.32. The lowest BCUT2D eigenvalue weighted by molar-refractivity contribution is 0.0928. The Hall–Kier alpha value is -3.02. The minimum absolute atomic E-state index is 0.0912. The van der Waals surface area contributed by atoms with Crippen molar-refractivity contribution >= 4 is 11.6 Å². The molecule has 1 atom stereocenters. The molecule has 2 aromatic heterocycles. The molecule has 0 spiro atoms. The second kappa shape index (κ2) is 5.01. The second-order valence-electron chi connectivity index (χ2n) is 5.61. The highest BCUT2D eigenvalue weighted by atomic mass is 16.3. The van der Waals surface area contributed by atoms with E-state index in [4.69, 9.17) is 4.42 Å².